The average molecular weight is 360 g/mol. The molecule has 0 unspecified atom stereocenters. The zero-order chi connectivity index (χ0) is 19.1. The van der Waals surface area contributed by atoms with Gasteiger partial charge < -0.3 is 14.8 Å². The van der Waals surface area contributed by atoms with E-state index in [2.05, 4.69) is 15.5 Å². The molecule has 0 aliphatic heterocycles. The van der Waals surface area contributed by atoms with Crippen LogP contribution in [0.4, 0.5) is 5.69 Å². The number of amides is 1. The Morgan fingerprint density at radius 3 is 2.37 bits per heavy atom. The van der Waals surface area contributed by atoms with Gasteiger partial charge in [0.25, 0.3) is 5.91 Å². The molecule has 0 saturated heterocycles. The van der Waals surface area contributed by atoms with Crippen molar-refractivity contribution in [2.75, 3.05) is 19.0 Å². The van der Waals surface area contributed by atoms with Crippen LogP contribution in [0, 0.1) is 11.3 Å². The van der Waals surface area contributed by atoms with Crippen LogP contribution in [0.1, 0.15) is 5.56 Å². The molecule has 0 fully saturated rings. The second-order valence-corrected chi connectivity index (χ2v) is 5.51. The van der Waals surface area contributed by atoms with Gasteiger partial charge in [-0.2, -0.15) is 5.26 Å². The number of hydrogen-bond acceptors (Lipinski definition) is 6. The fraction of sp³-hybridized carbons (Fsp3) is 0.100. The van der Waals surface area contributed by atoms with E-state index in [-0.39, 0.29) is 12.5 Å². The molecule has 1 aromatic heterocycles. The molecule has 3 aromatic rings. The Morgan fingerprint density at radius 1 is 1.04 bits per heavy atom. The fourth-order valence-electron chi connectivity index (χ4n) is 2.28. The van der Waals surface area contributed by atoms with Crippen molar-refractivity contribution in [2.45, 2.75) is 0 Å². The van der Waals surface area contributed by atoms with Crippen molar-refractivity contribution in [2.24, 2.45) is 0 Å². The number of aromatic nitrogens is 2. The zero-order valence-corrected chi connectivity index (χ0v) is 14.5. The molecular weight excluding hydrogens is 344 g/mol. The Hall–Kier alpha value is -3.92. The summed E-state index contributed by atoms with van der Waals surface area (Å²) in [6, 6.07) is 19.4. The van der Waals surface area contributed by atoms with Crippen molar-refractivity contribution < 1.29 is 14.3 Å². The molecule has 0 saturated carbocycles. The second-order valence-electron chi connectivity index (χ2n) is 5.51. The second kappa shape index (κ2) is 8.45. The first-order valence-electron chi connectivity index (χ1n) is 8.09. The molecule has 0 aliphatic carbocycles. The van der Waals surface area contributed by atoms with Crippen molar-refractivity contribution >= 4 is 11.6 Å². The molecule has 134 valence electrons. The van der Waals surface area contributed by atoms with Gasteiger partial charge >= 0.3 is 0 Å². The van der Waals surface area contributed by atoms with Gasteiger partial charge in [-0.25, -0.2) is 0 Å². The van der Waals surface area contributed by atoms with Gasteiger partial charge in [0.1, 0.15) is 5.75 Å². The van der Waals surface area contributed by atoms with E-state index in [9.17, 15) is 4.79 Å². The van der Waals surface area contributed by atoms with Gasteiger partial charge in [0.05, 0.1) is 24.4 Å². The highest BCUT2D eigenvalue weighted by molar-refractivity contribution is 5.92. The number of nitrogens with zero attached hydrogens (tertiary/aromatic N) is 3. The quantitative estimate of drug-likeness (QED) is 0.726. The largest absolute Gasteiger partial charge is 0.484 e. The summed E-state index contributed by atoms with van der Waals surface area (Å²) in [5.74, 6) is 0.693. The number of anilines is 1. The van der Waals surface area contributed by atoms with Crippen LogP contribution in [0.15, 0.2) is 60.7 Å². The van der Waals surface area contributed by atoms with E-state index < -0.39 is 0 Å². The maximum absolute atomic E-state index is 12.0. The highest BCUT2D eigenvalue weighted by atomic mass is 16.5. The minimum Gasteiger partial charge on any atom is -0.484 e. The van der Waals surface area contributed by atoms with Crippen LogP contribution in [0.2, 0.25) is 0 Å². The Balaban J connectivity index is 1.55. The smallest absolute Gasteiger partial charge is 0.262 e. The van der Waals surface area contributed by atoms with Crippen LogP contribution >= 0.6 is 0 Å². The normalized spacial score (nSPS) is 9.93. The van der Waals surface area contributed by atoms with E-state index in [0.717, 1.165) is 5.56 Å². The highest BCUT2D eigenvalue weighted by Crippen LogP contribution is 2.20. The first-order chi connectivity index (χ1) is 13.2. The summed E-state index contributed by atoms with van der Waals surface area (Å²) in [4.78, 5) is 12.0. The van der Waals surface area contributed by atoms with Crippen molar-refractivity contribution in [1.82, 2.24) is 10.2 Å². The van der Waals surface area contributed by atoms with E-state index in [1.54, 1.807) is 42.5 Å². The third-order valence-electron chi connectivity index (χ3n) is 3.67. The van der Waals surface area contributed by atoms with E-state index in [4.69, 9.17) is 14.7 Å². The van der Waals surface area contributed by atoms with Gasteiger partial charge in [-0.15, -0.1) is 10.2 Å². The Labute approximate surface area is 156 Å². The summed E-state index contributed by atoms with van der Waals surface area (Å²) in [5, 5.41) is 19.5. The summed E-state index contributed by atoms with van der Waals surface area (Å²) < 4.78 is 10.4. The van der Waals surface area contributed by atoms with E-state index >= 15 is 0 Å². The third kappa shape index (κ3) is 4.80. The van der Waals surface area contributed by atoms with Gasteiger partial charge in [0, 0.05) is 17.3 Å². The van der Waals surface area contributed by atoms with Gasteiger partial charge in [0.2, 0.25) is 5.88 Å². The Kier molecular flexibility index (Phi) is 5.60. The van der Waals surface area contributed by atoms with Crippen LogP contribution in [-0.2, 0) is 4.79 Å². The molecule has 0 radical (unpaired) electrons. The number of rotatable bonds is 6. The third-order valence-corrected chi connectivity index (χ3v) is 3.67. The number of hydrogen-bond donors (Lipinski definition) is 1. The topological polar surface area (TPSA) is 97.1 Å². The van der Waals surface area contributed by atoms with E-state index in [1.807, 2.05) is 24.3 Å². The molecule has 0 aliphatic rings. The molecule has 0 spiro atoms. The summed E-state index contributed by atoms with van der Waals surface area (Å²) in [5.41, 5.74) is 2.76. The van der Waals surface area contributed by atoms with Crippen molar-refractivity contribution in [3.63, 3.8) is 0 Å². The van der Waals surface area contributed by atoms with Crippen LogP contribution in [0.5, 0.6) is 11.6 Å². The molecule has 0 bridgehead atoms. The average Bonchev–Trinajstić information content (AvgIpc) is 2.73. The first-order valence-corrected chi connectivity index (χ1v) is 8.09. The van der Waals surface area contributed by atoms with Gasteiger partial charge in [0.15, 0.2) is 6.61 Å². The molecule has 7 heteroatoms. The number of nitrogens with one attached hydrogen (secondary N) is 1. The van der Waals surface area contributed by atoms with Crippen LogP contribution in [0.25, 0.3) is 11.3 Å². The fourth-order valence-corrected chi connectivity index (χ4v) is 2.28. The summed E-state index contributed by atoms with van der Waals surface area (Å²) in [6.45, 7) is -0.127. The summed E-state index contributed by atoms with van der Waals surface area (Å²) in [6.07, 6.45) is 0. The van der Waals surface area contributed by atoms with E-state index in [0.29, 0.717) is 28.6 Å². The molecule has 2 aromatic carbocycles. The first kappa shape index (κ1) is 17.9. The molecule has 0 atom stereocenters. The van der Waals surface area contributed by atoms with Crippen molar-refractivity contribution in [3.05, 3.63) is 66.2 Å². The molecule has 1 N–H and O–H groups in total. The lowest BCUT2D eigenvalue weighted by Gasteiger charge is -2.08. The number of nitriles is 1. The molecule has 1 heterocycles. The molecule has 1 amide bonds. The van der Waals surface area contributed by atoms with Crippen LogP contribution < -0.4 is 14.8 Å². The minimum atomic E-state index is -0.281. The lowest BCUT2D eigenvalue weighted by atomic mass is 10.1. The minimum absolute atomic E-state index is 0.127. The maximum atomic E-state index is 12.0. The number of carbonyl (C=O) groups is 1. The van der Waals surface area contributed by atoms with Gasteiger partial charge in [-0.1, -0.05) is 12.1 Å². The lowest BCUT2D eigenvalue weighted by Crippen LogP contribution is -2.20. The zero-order valence-electron chi connectivity index (χ0n) is 14.5. The Morgan fingerprint density at radius 2 is 1.78 bits per heavy atom. The van der Waals surface area contributed by atoms with Gasteiger partial charge in [-0.3, -0.25) is 4.79 Å². The summed E-state index contributed by atoms with van der Waals surface area (Å²) >= 11 is 0. The standard InChI is InChI=1S/C20H16N4O3/c1-26-20-11-10-18(23-24-20)15-4-6-16(7-5-15)22-19(25)13-27-17-8-2-14(12-21)3-9-17/h2-11H,13H2,1H3,(H,22,25). The maximum Gasteiger partial charge on any atom is 0.262 e. The Bertz CT molecular complexity index is 947. The number of carbonyl (C=O) groups excluding carboxylic acids is 1. The van der Waals surface area contributed by atoms with Gasteiger partial charge in [-0.05, 0) is 42.5 Å². The van der Waals surface area contributed by atoms with E-state index in [1.165, 1.54) is 7.11 Å². The van der Waals surface area contributed by atoms with Crippen molar-refractivity contribution in [1.29, 1.82) is 5.26 Å². The predicted molar refractivity (Wildman–Crippen MR) is 99.3 cm³/mol. The van der Waals surface area contributed by atoms with Crippen molar-refractivity contribution in [3.8, 4) is 29.0 Å². The highest BCUT2D eigenvalue weighted by Gasteiger charge is 2.06. The van der Waals surface area contributed by atoms with Crippen LogP contribution in [-0.4, -0.2) is 29.8 Å². The molecule has 27 heavy (non-hydrogen) atoms. The molecule has 7 nitrogen and oxygen atoms in total. The summed E-state index contributed by atoms with van der Waals surface area (Å²) in [7, 11) is 1.53. The lowest BCUT2D eigenvalue weighted by molar-refractivity contribution is -0.118. The van der Waals surface area contributed by atoms with Crippen LogP contribution in [0.3, 0.4) is 0 Å². The number of methoxy groups -OCH3 is 1. The number of ether oxygens (including phenoxy) is 2. The monoisotopic (exact) mass is 360 g/mol. The number of benzene rings is 2. The predicted octanol–water partition coefficient (Wildman–Crippen LogP) is 3.04. The SMILES string of the molecule is COc1ccc(-c2ccc(NC(=O)COc3ccc(C#N)cc3)cc2)nn1. The molecule has 3 rings (SSSR count). The molecular formula is C20H16N4O3.